The van der Waals surface area contributed by atoms with Crippen LogP contribution in [0.2, 0.25) is 0 Å². The van der Waals surface area contributed by atoms with Crippen LogP contribution in [0.3, 0.4) is 0 Å². The van der Waals surface area contributed by atoms with Crippen molar-refractivity contribution in [3.05, 3.63) is 40.2 Å². The smallest absolute Gasteiger partial charge is 0.355 e. The molecular weight excluding hydrogens is 203 g/mol. The lowest BCUT2D eigenvalue weighted by Crippen LogP contribution is -2.16. The van der Waals surface area contributed by atoms with E-state index >= 15 is 0 Å². The van der Waals surface area contributed by atoms with Gasteiger partial charge in [-0.05, 0) is 18.2 Å². The zero-order chi connectivity index (χ0) is 11.0. The second kappa shape index (κ2) is 3.16. The van der Waals surface area contributed by atoms with E-state index in [9.17, 15) is 14.0 Å². The van der Waals surface area contributed by atoms with Crippen molar-refractivity contribution < 1.29 is 14.3 Å². The van der Waals surface area contributed by atoms with Gasteiger partial charge in [-0.25, -0.2) is 14.0 Å². The number of aromatic carboxylic acids is 1. The number of halogens is 1. The Balaban J connectivity index is 2.94. The largest absolute Gasteiger partial charge is 0.476 e. The van der Waals surface area contributed by atoms with E-state index in [0.29, 0.717) is 0 Å². The van der Waals surface area contributed by atoms with Gasteiger partial charge in [-0.1, -0.05) is 0 Å². The number of benzene rings is 1. The standard InChI is InChI=1S/C9H5FN2O3/c10-4-1-2-6-5(3-4)7(8(13)14)12-9(15)11-6/h1-3H,(H,13,14)(H,11,12,15). The maximum absolute atomic E-state index is 12.9. The van der Waals surface area contributed by atoms with Crippen molar-refractivity contribution in [3.63, 3.8) is 0 Å². The molecule has 1 heterocycles. The van der Waals surface area contributed by atoms with E-state index in [1.54, 1.807) is 0 Å². The summed E-state index contributed by atoms with van der Waals surface area (Å²) >= 11 is 0. The summed E-state index contributed by atoms with van der Waals surface area (Å²) in [6, 6.07) is 3.44. The maximum Gasteiger partial charge on any atom is 0.355 e. The highest BCUT2D eigenvalue weighted by Gasteiger charge is 2.12. The number of hydrogen-bond donors (Lipinski definition) is 2. The first-order chi connectivity index (χ1) is 7.08. The Labute approximate surface area is 82.2 Å². The molecule has 0 fully saturated rings. The fourth-order valence-corrected chi connectivity index (χ4v) is 1.29. The molecule has 0 bridgehead atoms. The molecule has 1 aromatic carbocycles. The first-order valence-corrected chi connectivity index (χ1v) is 4.01. The van der Waals surface area contributed by atoms with E-state index in [4.69, 9.17) is 5.11 Å². The maximum atomic E-state index is 12.9. The average Bonchev–Trinajstić information content (AvgIpc) is 2.17. The van der Waals surface area contributed by atoms with E-state index in [-0.39, 0.29) is 10.9 Å². The molecule has 2 N–H and O–H groups in total. The van der Waals surface area contributed by atoms with E-state index in [2.05, 4.69) is 9.97 Å². The van der Waals surface area contributed by atoms with Gasteiger partial charge in [0.05, 0.1) is 5.52 Å². The molecule has 0 amide bonds. The lowest BCUT2D eigenvalue weighted by Gasteiger charge is -2.00. The summed E-state index contributed by atoms with van der Waals surface area (Å²) in [5.41, 5.74) is -0.978. The Hall–Kier alpha value is -2.24. The fraction of sp³-hybridized carbons (Fsp3) is 0. The number of nitrogens with zero attached hydrogens (tertiary/aromatic N) is 1. The van der Waals surface area contributed by atoms with Crippen LogP contribution >= 0.6 is 0 Å². The molecule has 0 aliphatic heterocycles. The van der Waals surface area contributed by atoms with Crippen molar-refractivity contribution in [3.8, 4) is 0 Å². The van der Waals surface area contributed by atoms with Gasteiger partial charge in [-0.3, -0.25) is 0 Å². The van der Waals surface area contributed by atoms with Crippen LogP contribution in [0.4, 0.5) is 4.39 Å². The van der Waals surface area contributed by atoms with Gasteiger partial charge < -0.3 is 10.1 Å². The number of carboxylic acid groups (broad SMARTS) is 1. The Kier molecular flexibility index (Phi) is 1.96. The quantitative estimate of drug-likeness (QED) is 0.724. The van der Waals surface area contributed by atoms with Crippen LogP contribution in [0.25, 0.3) is 10.9 Å². The molecule has 0 aliphatic carbocycles. The summed E-state index contributed by atoms with van der Waals surface area (Å²) in [4.78, 5) is 27.3. The van der Waals surface area contributed by atoms with Crippen LogP contribution in [0.1, 0.15) is 10.5 Å². The first-order valence-electron chi connectivity index (χ1n) is 4.01. The third-order valence-corrected chi connectivity index (χ3v) is 1.89. The Morgan fingerprint density at radius 2 is 2.20 bits per heavy atom. The van der Waals surface area contributed by atoms with E-state index in [1.165, 1.54) is 6.07 Å². The molecule has 5 nitrogen and oxygen atoms in total. The van der Waals surface area contributed by atoms with Gasteiger partial charge in [-0.2, -0.15) is 4.98 Å². The predicted octanol–water partition coefficient (Wildman–Crippen LogP) is 0.760. The summed E-state index contributed by atoms with van der Waals surface area (Å²) in [7, 11) is 0. The number of hydrogen-bond acceptors (Lipinski definition) is 3. The van der Waals surface area contributed by atoms with Gasteiger partial charge in [0.2, 0.25) is 0 Å². The van der Waals surface area contributed by atoms with Gasteiger partial charge >= 0.3 is 11.7 Å². The van der Waals surface area contributed by atoms with Crippen LogP contribution in [-0.2, 0) is 0 Å². The number of fused-ring (bicyclic) bond motifs is 1. The molecule has 0 saturated heterocycles. The van der Waals surface area contributed by atoms with Crippen LogP contribution in [-0.4, -0.2) is 21.0 Å². The Bertz CT molecular complexity index is 606. The highest BCUT2D eigenvalue weighted by molar-refractivity contribution is 6.00. The number of H-pyrrole nitrogens is 1. The lowest BCUT2D eigenvalue weighted by molar-refractivity contribution is 0.0692. The Morgan fingerprint density at radius 3 is 2.87 bits per heavy atom. The molecule has 15 heavy (non-hydrogen) atoms. The fourth-order valence-electron chi connectivity index (χ4n) is 1.29. The summed E-state index contributed by atoms with van der Waals surface area (Å²) in [5.74, 6) is -1.95. The van der Waals surface area contributed by atoms with Crippen LogP contribution in [0, 0.1) is 5.82 Å². The van der Waals surface area contributed by atoms with Crippen molar-refractivity contribution in [2.45, 2.75) is 0 Å². The van der Waals surface area contributed by atoms with Gasteiger partial charge in [0.25, 0.3) is 0 Å². The minimum Gasteiger partial charge on any atom is -0.476 e. The SMILES string of the molecule is O=C(O)c1nc(=O)[nH]c2ccc(F)cc12. The monoisotopic (exact) mass is 208 g/mol. The zero-order valence-electron chi connectivity index (χ0n) is 7.32. The van der Waals surface area contributed by atoms with Crippen molar-refractivity contribution in [1.82, 2.24) is 9.97 Å². The summed E-state index contributed by atoms with van der Waals surface area (Å²) in [6.07, 6.45) is 0. The van der Waals surface area contributed by atoms with E-state index in [1.807, 2.05) is 0 Å². The highest BCUT2D eigenvalue weighted by Crippen LogP contribution is 2.14. The number of carbonyl (C=O) groups is 1. The minimum absolute atomic E-state index is 0.0714. The van der Waals surface area contributed by atoms with E-state index in [0.717, 1.165) is 12.1 Å². The summed E-state index contributed by atoms with van der Waals surface area (Å²) < 4.78 is 12.9. The lowest BCUT2D eigenvalue weighted by atomic mass is 10.2. The normalized spacial score (nSPS) is 10.5. The average molecular weight is 208 g/mol. The van der Waals surface area contributed by atoms with Crippen LogP contribution < -0.4 is 5.69 Å². The number of carboxylic acids is 1. The predicted molar refractivity (Wildman–Crippen MR) is 49.3 cm³/mol. The molecule has 76 valence electrons. The molecule has 0 spiro atoms. The molecular formula is C9H5FN2O3. The molecule has 1 aromatic heterocycles. The second-order valence-corrected chi connectivity index (χ2v) is 2.89. The molecule has 6 heteroatoms. The topological polar surface area (TPSA) is 83.0 Å². The first kappa shape index (κ1) is 9.32. The zero-order valence-corrected chi connectivity index (χ0v) is 7.32. The Morgan fingerprint density at radius 1 is 1.47 bits per heavy atom. The van der Waals surface area contributed by atoms with Crippen molar-refractivity contribution >= 4 is 16.9 Å². The van der Waals surface area contributed by atoms with Crippen molar-refractivity contribution in [2.75, 3.05) is 0 Å². The third kappa shape index (κ3) is 1.56. The third-order valence-electron chi connectivity index (χ3n) is 1.89. The number of nitrogens with one attached hydrogen (secondary N) is 1. The second-order valence-electron chi connectivity index (χ2n) is 2.89. The molecule has 0 aliphatic rings. The van der Waals surface area contributed by atoms with Gasteiger partial charge in [-0.15, -0.1) is 0 Å². The molecule has 0 saturated carbocycles. The van der Waals surface area contributed by atoms with Gasteiger partial charge in [0.1, 0.15) is 5.82 Å². The van der Waals surface area contributed by atoms with Crippen molar-refractivity contribution in [2.24, 2.45) is 0 Å². The molecule has 0 atom stereocenters. The van der Waals surface area contributed by atoms with Crippen LogP contribution in [0.15, 0.2) is 23.0 Å². The molecule has 0 radical (unpaired) electrons. The highest BCUT2D eigenvalue weighted by atomic mass is 19.1. The van der Waals surface area contributed by atoms with Gasteiger partial charge in [0.15, 0.2) is 5.69 Å². The molecule has 2 rings (SSSR count). The van der Waals surface area contributed by atoms with Crippen molar-refractivity contribution in [1.29, 1.82) is 0 Å². The number of aromatic amines is 1. The number of aromatic nitrogens is 2. The molecule has 0 unspecified atom stereocenters. The van der Waals surface area contributed by atoms with Crippen LogP contribution in [0.5, 0.6) is 0 Å². The molecule has 2 aromatic rings. The summed E-state index contributed by atoms with van der Waals surface area (Å²) in [5, 5.41) is 8.83. The van der Waals surface area contributed by atoms with Gasteiger partial charge in [0, 0.05) is 5.39 Å². The minimum atomic E-state index is -1.36. The number of rotatable bonds is 1. The van der Waals surface area contributed by atoms with E-state index < -0.39 is 23.2 Å². The summed E-state index contributed by atoms with van der Waals surface area (Å²) in [6.45, 7) is 0.